The Morgan fingerprint density at radius 1 is 1.46 bits per heavy atom. The number of hydrogen-bond donors (Lipinski definition) is 0. The predicted octanol–water partition coefficient (Wildman–Crippen LogP) is 2.36. The van der Waals surface area contributed by atoms with Crippen LogP contribution in [0.25, 0.3) is 0 Å². The van der Waals surface area contributed by atoms with E-state index in [4.69, 9.17) is 9.47 Å². The summed E-state index contributed by atoms with van der Waals surface area (Å²) in [6.07, 6.45) is 6.03. The summed E-state index contributed by atoms with van der Waals surface area (Å²) in [4.78, 5) is 18.4. The topological polar surface area (TPSA) is 51.7 Å². The van der Waals surface area contributed by atoms with Crippen LogP contribution in [0.2, 0.25) is 0 Å². The number of carbonyl (C=O) groups is 1. The highest BCUT2D eigenvalue weighted by Gasteiger charge is 2.47. The fraction of sp³-hybridized carbons (Fsp3) is 0.667. The van der Waals surface area contributed by atoms with Gasteiger partial charge in [-0.1, -0.05) is 0 Å². The van der Waals surface area contributed by atoms with Crippen molar-refractivity contribution in [1.82, 2.24) is 9.88 Å². The van der Waals surface area contributed by atoms with Gasteiger partial charge in [0.05, 0.1) is 18.4 Å². The summed E-state index contributed by atoms with van der Waals surface area (Å²) < 4.78 is 25.1. The Morgan fingerprint density at radius 2 is 2.33 bits per heavy atom. The minimum atomic E-state index is -0.794. The molecule has 2 saturated heterocycles. The number of nitrogens with zero attached hydrogens (tertiary/aromatic N) is 2. The number of aromatic nitrogens is 1. The third kappa shape index (κ3) is 3.11. The van der Waals surface area contributed by atoms with E-state index in [1.165, 1.54) is 0 Å². The van der Waals surface area contributed by atoms with Crippen molar-refractivity contribution in [1.29, 1.82) is 0 Å². The number of piperidine rings is 1. The van der Waals surface area contributed by atoms with E-state index in [1.54, 1.807) is 12.4 Å². The van der Waals surface area contributed by atoms with E-state index in [0.717, 1.165) is 31.6 Å². The number of carbonyl (C=O) groups excluding carboxylic acids is 1. The molecule has 1 aromatic heterocycles. The van der Waals surface area contributed by atoms with Crippen LogP contribution in [-0.2, 0) is 9.53 Å². The van der Waals surface area contributed by atoms with Crippen molar-refractivity contribution < 1.29 is 18.7 Å². The SMILES string of the molecule is O=C(C1CC(F)C1)N1CCCC2(CC(Oc3cccnc3)CO2)C1. The molecule has 1 aliphatic carbocycles. The number of pyridine rings is 1. The molecule has 0 bridgehead atoms. The van der Waals surface area contributed by atoms with Crippen molar-refractivity contribution in [3.63, 3.8) is 0 Å². The first-order valence-electron chi connectivity index (χ1n) is 8.77. The Balaban J connectivity index is 1.36. The highest BCUT2D eigenvalue weighted by Crippen LogP contribution is 2.38. The molecule has 2 unspecified atom stereocenters. The van der Waals surface area contributed by atoms with Gasteiger partial charge in [-0.2, -0.15) is 0 Å². The normalized spacial score (nSPS) is 35.7. The molecule has 3 aliphatic rings. The zero-order chi connectivity index (χ0) is 16.6. The second-order valence-corrected chi connectivity index (χ2v) is 7.26. The van der Waals surface area contributed by atoms with E-state index in [1.807, 2.05) is 17.0 Å². The molecule has 2 atom stereocenters. The van der Waals surface area contributed by atoms with Crippen molar-refractivity contribution in [3.8, 4) is 5.75 Å². The lowest BCUT2D eigenvalue weighted by Crippen LogP contribution is -2.53. The molecule has 0 N–H and O–H groups in total. The van der Waals surface area contributed by atoms with Gasteiger partial charge < -0.3 is 14.4 Å². The standard InChI is InChI=1S/C18H23FN2O3/c19-14-7-13(8-14)17(22)21-6-2-4-18(12-21)9-16(11-23-18)24-15-3-1-5-20-10-15/h1,3,5,10,13-14,16H,2,4,6-9,11-12H2. The molecule has 0 radical (unpaired) electrons. The number of amides is 1. The second kappa shape index (κ2) is 6.31. The highest BCUT2D eigenvalue weighted by atomic mass is 19.1. The van der Waals surface area contributed by atoms with Gasteiger partial charge >= 0.3 is 0 Å². The lowest BCUT2D eigenvalue weighted by molar-refractivity contribution is -0.148. The largest absolute Gasteiger partial charge is 0.486 e. The molecular weight excluding hydrogens is 311 g/mol. The summed E-state index contributed by atoms with van der Waals surface area (Å²) >= 11 is 0. The van der Waals surface area contributed by atoms with Crippen LogP contribution in [0.15, 0.2) is 24.5 Å². The predicted molar refractivity (Wildman–Crippen MR) is 85.4 cm³/mol. The molecule has 24 heavy (non-hydrogen) atoms. The van der Waals surface area contributed by atoms with Crippen LogP contribution >= 0.6 is 0 Å². The summed E-state index contributed by atoms with van der Waals surface area (Å²) in [6, 6.07) is 3.73. The third-order valence-electron chi connectivity index (χ3n) is 5.39. The van der Waals surface area contributed by atoms with E-state index < -0.39 is 6.17 Å². The minimum absolute atomic E-state index is 0.0109. The van der Waals surface area contributed by atoms with Gasteiger partial charge in [0.25, 0.3) is 0 Å². The maximum Gasteiger partial charge on any atom is 0.225 e. The summed E-state index contributed by atoms with van der Waals surface area (Å²) in [5.41, 5.74) is -0.306. The molecular formula is C18H23FN2O3. The monoisotopic (exact) mass is 334 g/mol. The fourth-order valence-electron chi connectivity index (χ4n) is 4.07. The van der Waals surface area contributed by atoms with Gasteiger partial charge in [-0.3, -0.25) is 9.78 Å². The molecule has 3 heterocycles. The Hall–Kier alpha value is -1.69. The minimum Gasteiger partial charge on any atom is -0.486 e. The molecule has 3 fully saturated rings. The first-order chi connectivity index (χ1) is 11.6. The molecule has 4 rings (SSSR count). The quantitative estimate of drug-likeness (QED) is 0.851. The van der Waals surface area contributed by atoms with Crippen LogP contribution < -0.4 is 4.74 Å². The molecule has 5 nitrogen and oxygen atoms in total. The van der Waals surface area contributed by atoms with Crippen LogP contribution in [0, 0.1) is 5.92 Å². The molecule has 2 aliphatic heterocycles. The van der Waals surface area contributed by atoms with Crippen molar-refractivity contribution in [3.05, 3.63) is 24.5 Å². The van der Waals surface area contributed by atoms with Gasteiger partial charge in [0.15, 0.2) is 0 Å². The second-order valence-electron chi connectivity index (χ2n) is 7.26. The highest BCUT2D eigenvalue weighted by molar-refractivity contribution is 5.80. The number of hydrogen-bond acceptors (Lipinski definition) is 4. The zero-order valence-electron chi connectivity index (χ0n) is 13.7. The molecule has 0 aromatic carbocycles. The van der Waals surface area contributed by atoms with E-state index >= 15 is 0 Å². The third-order valence-corrected chi connectivity index (χ3v) is 5.39. The van der Waals surface area contributed by atoms with E-state index in [0.29, 0.717) is 26.0 Å². The lowest BCUT2D eigenvalue weighted by atomic mass is 9.81. The van der Waals surface area contributed by atoms with Gasteiger partial charge in [-0.05, 0) is 37.8 Å². The van der Waals surface area contributed by atoms with Crippen molar-refractivity contribution >= 4 is 5.91 Å². The number of likely N-dealkylation sites (tertiary alicyclic amines) is 1. The average Bonchev–Trinajstić information content (AvgIpc) is 2.94. The molecule has 1 spiro atoms. The number of ether oxygens (including phenoxy) is 2. The first kappa shape index (κ1) is 15.8. The number of halogens is 1. The Bertz CT molecular complexity index is 593. The molecule has 6 heteroatoms. The van der Waals surface area contributed by atoms with Gasteiger partial charge in [-0.15, -0.1) is 0 Å². The van der Waals surface area contributed by atoms with Gasteiger partial charge in [-0.25, -0.2) is 4.39 Å². The van der Waals surface area contributed by atoms with Crippen LogP contribution in [0.4, 0.5) is 4.39 Å². The maximum atomic E-state index is 13.0. The Labute approximate surface area is 141 Å². The van der Waals surface area contributed by atoms with E-state index in [-0.39, 0.29) is 23.5 Å². The summed E-state index contributed by atoms with van der Waals surface area (Å²) in [5, 5.41) is 0. The fourth-order valence-corrected chi connectivity index (χ4v) is 4.07. The Kier molecular flexibility index (Phi) is 4.16. The molecule has 1 amide bonds. The van der Waals surface area contributed by atoms with Crippen molar-refractivity contribution in [2.45, 2.75) is 50.0 Å². The summed E-state index contributed by atoms with van der Waals surface area (Å²) in [7, 11) is 0. The number of alkyl halides is 1. The van der Waals surface area contributed by atoms with Gasteiger partial charge in [0.2, 0.25) is 5.91 Å². The molecule has 1 aromatic rings. The van der Waals surface area contributed by atoms with Crippen molar-refractivity contribution in [2.24, 2.45) is 5.92 Å². The molecule has 130 valence electrons. The van der Waals surface area contributed by atoms with E-state index in [9.17, 15) is 9.18 Å². The average molecular weight is 334 g/mol. The summed E-state index contributed by atoms with van der Waals surface area (Å²) in [6.45, 7) is 1.89. The first-order valence-corrected chi connectivity index (χ1v) is 8.77. The summed E-state index contributed by atoms with van der Waals surface area (Å²) in [5.74, 6) is 0.720. The van der Waals surface area contributed by atoms with Gasteiger partial charge in [0, 0.05) is 31.6 Å². The van der Waals surface area contributed by atoms with Crippen LogP contribution in [0.3, 0.4) is 0 Å². The van der Waals surface area contributed by atoms with Crippen molar-refractivity contribution in [2.75, 3.05) is 19.7 Å². The van der Waals surface area contributed by atoms with Crippen LogP contribution in [0.5, 0.6) is 5.75 Å². The van der Waals surface area contributed by atoms with Crippen LogP contribution in [-0.4, -0.2) is 53.4 Å². The number of rotatable bonds is 3. The lowest BCUT2D eigenvalue weighted by Gasteiger charge is -2.42. The van der Waals surface area contributed by atoms with Crippen LogP contribution in [0.1, 0.15) is 32.1 Å². The molecule has 1 saturated carbocycles. The Morgan fingerprint density at radius 3 is 3.08 bits per heavy atom. The zero-order valence-corrected chi connectivity index (χ0v) is 13.7. The smallest absolute Gasteiger partial charge is 0.225 e. The maximum absolute atomic E-state index is 13.0. The van der Waals surface area contributed by atoms with Gasteiger partial charge in [0.1, 0.15) is 18.0 Å². The van der Waals surface area contributed by atoms with E-state index in [2.05, 4.69) is 4.98 Å².